The van der Waals surface area contributed by atoms with Gasteiger partial charge in [0.05, 0.1) is 26.5 Å². The minimum absolute atomic E-state index is 0.134. The third-order valence-electron chi connectivity index (χ3n) is 4.24. The van der Waals surface area contributed by atoms with Gasteiger partial charge in [-0.3, -0.25) is 4.79 Å². The van der Waals surface area contributed by atoms with Crippen LogP contribution in [0.3, 0.4) is 0 Å². The predicted octanol–water partition coefficient (Wildman–Crippen LogP) is 1.57. The molecule has 138 valence electrons. The van der Waals surface area contributed by atoms with Crippen molar-refractivity contribution in [2.24, 2.45) is 0 Å². The second-order valence-corrected chi connectivity index (χ2v) is 6.01. The summed E-state index contributed by atoms with van der Waals surface area (Å²) >= 11 is 0. The van der Waals surface area contributed by atoms with Crippen LogP contribution in [-0.2, 0) is 19.4 Å². The second-order valence-electron chi connectivity index (χ2n) is 6.01. The molecule has 0 atom stereocenters. The molecule has 0 spiro atoms. The fourth-order valence-corrected chi connectivity index (χ4v) is 2.93. The lowest BCUT2D eigenvalue weighted by atomic mass is 10.2. The monoisotopic (exact) mass is 358 g/mol. The van der Waals surface area contributed by atoms with Crippen LogP contribution in [0.15, 0.2) is 29.1 Å². The molecular weight excluding hydrogens is 336 g/mol. The van der Waals surface area contributed by atoms with E-state index in [0.29, 0.717) is 30.3 Å². The van der Waals surface area contributed by atoms with Gasteiger partial charge in [0.2, 0.25) is 0 Å². The number of hydrogen-bond acceptors (Lipinski definition) is 5. The van der Waals surface area contributed by atoms with Crippen molar-refractivity contribution in [1.29, 1.82) is 0 Å². The van der Waals surface area contributed by atoms with E-state index in [1.165, 1.54) is 4.68 Å². The quantitative estimate of drug-likeness (QED) is 0.817. The van der Waals surface area contributed by atoms with Crippen molar-refractivity contribution in [2.75, 3.05) is 26.1 Å². The first-order valence-corrected chi connectivity index (χ1v) is 8.47. The average molecular weight is 358 g/mol. The van der Waals surface area contributed by atoms with Crippen LogP contribution in [0.2, 0.25) is 0 Å². The SMILES string of the molecule is COc1cc(NC(=O)NCCn2nc3c(cc2=O)CCC3)cc(OC)c1. The molecular formula is C18H22N4O4. The van der Waals surface area contributed by atoms with Crippen molar-refractivity contribution in [3.63, 3.8) is 0 Å². The van der Waals surface area contributed by atoms with Gasteiger partial charge in [0.1, 0.15) is 11.5 Å². The van der Waals surface area contributed by atoms with Gasteiger partial charge in [0.15, 0.2) is 0 Å². The van der Waals surface area contributed by atoms with Gasteiger partial charge in [0, 0.05) is 36.5 Å². The van der Waals surface area contributed by atoms with E-state index >= 15 is 0 Å². The fraction of sp³-hybridized carbons (Fsp3) is 0.389. The molecule has 1 aromatic carbocycles. The molecule has 0 saturated carbocycles. The summed E-state index contributed by atoms with van der Waals surface area (Å²) in [5, 5.41) is 9.81. The molecule has 2 amide bonds. The molecule has 1 aliphatic carbocycles. The molecule has 3 rings (SSSR count). The lowest BCUT2D eigenvalue weighted by Crippen LogP contribution is -2.34. The Morgan fingerprint density at radius 3 is 2.58 bits per heavy atom. The number of hydrogen-bond donors (Lipinski definition) is 2. The molecule has 1 heterocycles. The normalized spacial score (nSPS) is 12.4. The number of carbonyl (C=O) groups excluding carboxylic acids is 1. The third kappa shape index (κ3) is 4.14. The Labute approximate surface area is 151 Å². The van der Waals surface area contributed by atoms with Crippen LogP contribution in [0.4, 0.5) is 10.5 Å². The summed E-state index contributed by atoms with van der Waals surface area (Å²) in [6.07, 6.45) is 2.86. The Morgan fingerprint density at radius 1 is 1.15 bits per heavy atom. The highest BCUT2D eigenvalue weighted by atomic mass is 16.5. The number of fused-ring (bicyclic) bond motifs is 1. The number of aromatic nitrogens is 2. The van der Waals surface area contributed by atoms with Crippen molar-refractivity contribution < 1.29 is 14.3 Å². The summed E-state index contributed by atoms with van der Waals surface area (Å²) in [6.45, 7) is 0.611. The van der Waals surface area contributed by atoms with E-state index in [-0.39, 0.29) is 11.6 Å². The van der Waals surface area contributed by atoms with Crippen LogP contribution in [0.5, 0.6) is 11.5 Å². The molecule has 0 fully saturated rings. The standard InChI is InChI=1S/C18H22N4O4/c1-25-14-9-13(10-15(11-14)26-2)20-18(24)19-6-7-22-17(23)8-12-4-3-5-16(12)21-22/h8-11H,3-7H2,1-2H3,(H2,19,20,24). The molecule has 0 radical (unpaired) electrons. The van der Waals surface area contributed by atoms with Crippen LogP contribution in [0.1, 0.15) is 17.7 Å². The van der Waals surface area contributed by atoms with E-state index in [4.69, 9.17) is 9.47 Å². The van der Waals surface area contributed by atoms with Gasteiger partial charge in [-0.25, -0.2) is 9.48 Å². The van der Waals surface area contributed by atoms with Crippen molar-refractivity contribution >= 4 is 11.7 Å². The number of urea groups is 1. The van der Waals surface area contributed by atoms with Crippen molar-refractivity contribution in [3.8, 4) is 11.5 Å². The number of anilines is 1. The molecule has 2 aromatic rings. The maximum absolute atomic E-state index is 12.1. The lowest BCUT2D eigenvalue weighted by molar-refractivity contribution is 0.251. The summed E-state index contributed by atoms with van der Waals surface area (Å²) in [5.74, 6) is 1.15. The van der Waals surface area contributed by atoms with Crippen LogP contribution in [-0.4, -0.2) is 36.6 Å². The maximum Gasteiger partial charge on any atom is 0.319 e. The summed E-state index contributed by atoms with van der Waals surface area (Å²) in [6, 6.07) is 6.37. The van der Waals surface area contributed by atoms with E-state index in [1.807, 2.05) is 0 Å². The smallest absolute Gasteiger partial charge is 0.319 e. The molecule has 0 aliphatic heterocycles. The Bertz CT molecular complexity index is 841. The van der Waals surface area contributed by atoms with Gasteiger partial charge in [0.25, 0.3) is 5.56 Å². The molecule has 8 heteroatoms. The molecule has 0 unspecified atom stereocenters. The number of amides is 2. The van der Waals surface area contributed by atoms with Crippen molar-refractivity contribution in [1.82, 2.24) is 15.1 Å². The van der Waals surface area contributed by atoms with E-state index < -0.39 is 0 Å². The van der Waals surface area contributed by atoms with Crippen molar-refractivity contribution in [3.05, 3.63) is 45.9 Å². The average Bonchev–Trinajstić information content (AvgIpc) is 3.08. The first kappa shape index (κ1) is 17.8. The number of carbonyl (C=O) groups is 1. The molecule has 1 aliphatic rings. The topological polar surface area (TPSA) is 94.5 Å². The number of methoxy groups -OCH3 is 2. The Hall–Kier alpha value is -3.03. The molecule has 0 saturated heterocycles. The fourth-order valence-electron chi connectivity index (χ4n) is 2.93. The molecule has 1 aromatic heterocycles. The summed E-state index contributed by atoms with van der Waals surface area (Å²) in [7, 11) is 3.08. The highest BCUT2D eigenvalue weighted by Gasteiger charge is 2.14. The minimum atomic E-state index is -0.380. The zero-order chi connectivity index (χ0) is 18.5. The number of nitrogens with one attached hydrogen (secondary N) is 2. The second kappa shape index (κ2) is 7.90. The van der Waals surface area contributed by atoms with Crippen LogP contribution in [0, 0.1) is 0 Å². The zero-order valence-corrected chi connectivity index (χ0v) is 14.9. The van der Waals surface area contributed by atoms with Gasteiger partial charge < -0.3 is 20.1 Å². The minimum Gasteiger partial charge on any atom is -0.497 e. The third-order valence-corrected chi connectivity index (χ3v) is 4.24. The first-order valence-electron chi connectivity index (χ1n) is 8.47. The van der Waals surface area contributed by atoms with E-state index in [9.17, 15) is 9.59 Å². The molecule has 8 nitrogen and oxygen atoms in total. The van der Waals surface area contributed by atoms with Gasteiger partial charge in [-0.1, -0.05) is 0 Å². The number of aryl methyl sites for hydroxylation is 2. The summed E-state index contributed by atoms with van der Waals surface area (Å²) in [4.78, 5) is 24.1. The first-order chi connectivity index (χ1) is 12.6. The summed E-state index contributed by atoms with van der Waals surface area (Å²) in [5.41, 5.74) is 2.44. The number of benzene rings is 1. The van der Waals surface area contributed by atoms with Gasteiger partial charge >= 0.3 is 6.03 Å². The highest BCUT2D eigenvalue weighted by Crippen LogP contribution is 2.25. The largest absolute Gasteiger partial charge is 0.497 e. The number of ether oxygens (including phenoxy) is 2. The number of rotatable bonds is 6. The van der Waals surface area contributed by atoms with Crippen LogP contribution >= 0.6 is 0 Å². The highest BCUT2D eigenvalue weighted by molar-refractivity contribution is 5.89. The van der Waals surface area contributed by atoms with Crippen LogP contribution < -0.4 is 25.7 Å². The van der Waals surface area contributed by atoms with E-state index in [1.54, 1.807) is 38.5 Å². The van der Waals surface area contributed by atoms with E-state index in [0.717, 1.165) is 30.5 Å². The zero-order valence-electron chi connectivity index (χ0n) is 14.9. The summed E-state index contributed by atoms with van der Waals surface area (Å²) < 4.78 is 11.7. The Morgan fingerprint density at radius 2 is 1.88 bits per heavy atom. The Kier molecular flexibility index (Phi) is 5.40. The molecule has 26 heavy (non-hydrogen) atoms. The van der Waals surface area contributed by atoms with Gasteiger partial charge in [-0.2, -0.15) is 5.10 Å². The maximum atomic E-state index is 12.1. The van der Waals surface area contributed by atoms with Gasteiger partial charge in [-0.05, 0) is 24.8 Å². The van der Waals surface area contributed by atoms with Crippen molar-refractivity contribution in [2.45, 2.75) is 25.8 Å². The predicted molar refractivity (Wildman–Crippen MR) is 97.1 cm³/mol. The Balaban J connectivity index is 1.56. The molecule has 0 bridgehead atoms. The molecule has 2 N–H and O–H groups in total. The van der Waals surface area contributed by atoms with E-state index in [2.05, 4.69) is 15.7 Å². The van der Waals surface area contributed by atoms with Crippen LogP contribution in [0.25, 0.3) is 0 Å². The number of nitrogens with zero attached hydrogens (tertiary/aromatic N) is 2. The lowest BCUT2D eigenvalue weighted by Gasteiger charge is -2.11. The van der Waals surface area contributed by atoms with Gasteiger partial charge in [-0.15, -0.1) is 0 Å².